The highest BCUT2D eigenvalue weighted by atomic mass is 32.2. The van der Waals surface area contributed by atoms with Gasteiger partial charge in [-0.2, -0.15) is 0 Å². The van der Waals surface area contributed by atoms with Crippen LogP contribution in [0.15, 0.2) is 88.7 Å². The Morgan fingerprint density at radius 2 is 1.34 bits per heavy atom. The second kappa shape index (κ2) is 8.80. The second-order valence-electron chi connectivity index (χ2n) is 6.67. The van der Waals surface area contributed by atoms with Gasteiger partial charge in [-0.3, -0.25) is 9.59 Å². The zero-order chi connectivity index (χ0) is 21.1. The topological polar surface area (TPSA) is 34.1 Å². The van der Waals surface area contributed by atoms with Gasteiger partial charge in [0, 0.05) is 20.7 Å². The molecule has 29 heavy (non-hydrogen) atoms. The number of hydrogen-bond acceptors (Lipinski definition) is 4. The van der Waals surface area contributed by atoms with Gasteiger partial charge in [0.15, 0.2) is 0 Å². The van der Waals surface area contributed by atoms with Gasteiger partial charge in [0.05, 0.1) is 0 Å². The number of rotatable bonds is 5. The molecule has 3 aromatic rings. The number of fused-ring (bicyclic) bond motifs is 1. The van der Waals surface area contributed by atoms with Crippen LogP contribution in [-0.2, 0) is 9.59 Å². The molecule has 0 fully saturated rings. The van der Waals surface area contributed by atoms with Gasteiger partial charge in [0.25, 0.3) is 0 Å². The molecule has 0 unspecified atom stereocenters. The van der Waals surface area contributed by atoms with Gasteiger partial charge in [0.2, 0.25) is 10.2 Å². The molecule has 0 radical (unpaired) electrons. The van der Waals surface area contributed by atoms with E-state index in [9.17, 15) is 9.59 Å². The number of hydrogen-bond donors (Lipinski definition) is 0. The van der Waals surface area contributed by atoms with E-state index in [0.29, 0.717) is 22.1 Å². The van der Waals surface area contributed by atoms with Crippen molar-refractivity contribution in [2.45, 2.75) is 23.6 Å². The van der Waals surface area contributed by atoms with Crippen LogP contribution in [0.2, 0.25) is 0 Å². The van der Waals surface area contributed by atoms with Crippen LogP contribution >= 0.6 is 23.5 Å². The summed E-state index contributed by atoms with van der Waals surface area (Å²) in [6, 6.07) is 16.0. The monoisotopic (exact) mass is 422 g/mol. The molecule has 3 rings (SSSR count). The van der Waals surface area contributed by atoms with Gasteiger partial charge in [-0.1, -0.05) is 43.5 Å². The summed E-state index contributed by atoms with van der Waals surface area (Å²) >= 11 is 2.19. The summed E-state index contributed by atoms with van der Waals surface area (Å²) in [6.45, 7) is 10.6. The molecule has 0 heterocycles. The summed E-state index contributed by atoms with van der Waals surface area (Å²) < 4.78 is 15.1. The fraction of sp³-hybridized carbons (Fsp3) is 0.0833. The van der Waals surface area contributed by atoms with Crippen molar-refractivity contribution >= 4 is 44.5 Å². The first-order valence-corrected chi connectivity index (χ1v) is 10.5. The molecule has 0 amide bonds. The molecule has 0 aromatic heterocycles. The lowest BCUT2D eigenvalue weighted by Crippen LogP contribution is -1.92. The van der Waals surface area contributed by atoms with Crippen molar-refractivity contribution in [3.05, 3.63) is 84.7 Å². The maximum absolute atomic E-state index is 15.1. The Balaban J connectivity index is 1.89. The van der Waals surface area contributed by atoms with Gasteiger partial charge < -0.3 is 0 Å². The highest BCUT2D eigenvalue weighted by Crippen LogP contribution is 2.33. The van der Waals surface area contributed by atoms with E-state index in [4.69, 9.17) is 0 Å². The normalized spacial score (nSPS) is 10.7. The van der Waals surface area contributed by atoms with E-state index < -0.39 is 0 Å². The lowest BCUT2D eigenvalue weighted by Gasteiger charge is -2.09. The van der Waals surface area contributed by atoms with E-state index in [1.807, 2.05) is 6.07 Å². The molecule has 0 saturated carbocycles. The number of benzene rings is 3. The third kappa shape index (κ3) is 4.86. The minimum atomic E-state index is -0.316. The average Bonchev–Trinajstić information content (AvgIpc) is 2.69. The highest BCUT2D eigenvalue weighted by molar-refractivity contribution is 8.14. The Morgan fingerprint density at radius 1 is 0.793 bits per heavy atom. The number of thioether (sulfide) groups is 2. The van der Waals surface area contributed by atoms with E-state index in [2.05, 4.69) is 13.2 Å². The molecular formula is C24H19FO2S2. The van der Waals surface area contributed by atoms with Crippen LogP contribution < -0.4 is 0 Å². The molecule has 0 aliphatic rings. The van der Waals surface area contributed by atoms with E-state index in [1.165, 1.54) is 0 Å². The number of halogens is 1. The third-order valence-electron chi connectivity index (χ3n) is 4.21. The van der Waals surface area contributed by atoms with Crippen molar-refractivity contribution in [1.82, 2.24) is 0 Å². The summed E-state index contributed by atoms with van der Waals surface area (Å²) in [6.07, 6.45) is 0. The summed E-state index contributed by atoms with van der Waals surface area (Å²) in [5.41, 5.74) is 2.18. The van der Waals surface area contributed by atoms with Crippen molar-refractivity contribution in [3.63, 3.8) is 0 Å². The van der Waals surface area contributed by atoms with Crippen molar-refractivity contribution in [1.29, 1.82) is 0 Å². The van der Waals surface area contributed by atoms with E-state index in [1.54, 1.807) is 62.4 Å². The predicted molar refractivity (Wildman–Crippen MR) is 121 cm³/mol. The Bertz CT molecular complexity index is 1150. The highest BCUT2D eigenvalue weighted by Gasteiger charge is 2.12. The third-order valence-corrected chi connectivity index (χ3v) is 6.27. The van der Waals surface area contributed by atoms with Gasteiger partial charge >= 0.3 is 0 Å². The van der Waals surface area contributed by atoms with Gasteiger partial charge in [-0.15, -0.1) is 0 Å². The maximum Gasteiger partial charge on any atom is 0.219 e. The molecule has 0 saturated heterocycles. The van der Waals surface area contributed by atoms with Crippen molar-refractivity contribution in [3.8, 4) is 11.1 Å². The van der Waals surface area contributed by atoms with Crippen molar-refractivity contribution in [2.24, 2.45) is 0 Å². The fourth-order valence-electron chi connectivity index (χ4n) is 2.65. The molecule has 0 atom stereocenters. The van der Waals surface area contributed by atoms with Crippen LogP contribution in [0.3, 0.4) is 0 Å². The molecule has 0 bridgehead atoms. The Hall–Kier alpha value is -2.63. The molecule has 0 aliphatic carbocycles. The Labute approximate surface area is 177 Å². The van der Waals surface area contributed by atoms with Crippen LogP contribution in [0, 0.1) is 5.82 Å². The molecule has 5 heteroatoms. The SMILES string of the molecule is C=C(C)C(=O)Sc1ccc(-c2ccc3cc(SC(=O)C(=C)C)ccc3c2F)cc1. The van der Waals surface area contributed by atoms with Crippen LogP contribution in [0.25, 0.3) is 21.9 Å². The minimum Gasteiger partial charge on any atom is -0.282 e. The first kappa shape index (κ1) is 21.1. The first-order valence-electron chi connectivity index (χ1n) is 8.84. The maximum atomic E-state index is 15.1. The molecule has 0 spiro atoms. The summed E-state index contributed by atoms with van der Waals surface area (Å²) in [5, 5.41) is 1.02. The van der Waals surface area contributed by atoms with Crippen molar-refractivity contribution < 1.29 is 14.0 Å². The lowest BCUT2D eigenvalue weighted by molar-refractivity contribution is -0.108. The quantitative estimate of drug-likeness (QED) is 0.326. The molecule has 0 aliphatic heterocycles. The fourth-order valence-corrected chi connectivity index (χ4v) is 4.02. The summed E-state index contributed by atoms with van der Waals surface area (Å²) in [4.78, 5) is 25.2. The van der Waals surface area contributed by atoms with E-state index in [-0.39, 0.29) is 16.0 Å². The van der Waals surface area contributed by atoms with E-state index >= 15 is 4.39 Å². The Kier molecular flexibility index (Phi) is 6.40. The molecule has 3 aromatic carbocycles. The largest absolute Gasteiger partial charge is 0.282 e. The number of carbonyl (C=O) groups excluding carboxylic acids is 2. The van der Waals surface area contributed by atoms with Gasteiger partial charge in [-0.25, -0.2) is 4.39 Å². The zero-order valence-electron chi connectivity index (χ0n) is 16.1. The van der Waals surface area contributed by atoms with Gasteiger partial charge in [0.1, 0.15) is 5.82 Å². The predicted octanol–water partition coefficient (Wildman–Crippen LogP) is 7.04. The molecular weight excluding hydrogens is 403 g/mol. The van der Waals surface area contributed by atoms with Crippen LogP contribution in [0.5, 0.6) is 0 Å². The zero-order valence-corrected chi connectivity index (χ0v) is 17.8. The van der Waals surface area contributed by atoms with Crippen LogP contribution in [0.4, 0.5) is 4.39 Å². The smallest absolute Gasteiger partial charge is 0.219 e. The van der Waals surface area contributed by atoms with Crippen LogP contribution in [-0.4, -0.2) is 10.2 Å². The lowest BCUT2D eigenvalue weighted by atomic mass is 10.0. The summed E-state index contributed by atoms with van der Waals surface area (Å²) in [5.74, 6) is -0.316. The van der Waals surface area contributed by atoms with Gasteiger partial charge in [-0.05, 0) is 83.7 Å². The number of carbonyl (C=O) groups is 2. The van der Waals surface area contributed by atoms with Crippen LogP contribution in [0.1, 0.15) is 13.8 Å². The average molecular weight is 423 g/mol. The second-order valence-corrected chi connectivity index (χ2v) is 8.77. The molecule has 2 nitrogen and oxygen atoms in total. The summed E-state index contributed by atoms with van der Waals surface area (Å²) in [7, 11) is 0. The minimum absolute atomic E-state index is 0.0894. The van der Waals surface area contributed by atoms with Crippen molar-refractivity contribution in [2.75, 3.05) is 0 Å². The standard InChI is InChI=1S/C24H19FO2S2/c1-14(2)23(26)28-18-8-5-16(6-9-18)20-11-7-17-13-19(29-24(27)15(3)4)10-12-21(17)22(20)25/h5-13H,1,3H2,2,4H3. The molecule has 146 valence electrons. The van der Waals surface area contributed by atoms with E-state index in [0.717, 1.165) is 44.3 Å². The first-order chi connectivity index (χ1) is 13.8. The molecule has 0 N–H and O–H groups in total. The Morgan fingerprint density at radius 3 is 1.93 bits per heavy atom.